The van der Waals surface area contributed by atoms with Crippen molar-refractivity contribution in [3.05, 3.63) is 11.4 Å². The fraction of sp³-hybridized carbons (Fsp3) is 0.773. The topological polar surface area (TPSA) is 106 Å². The Kier molecular flexibility index (Phi) is 13.9. The molecule has 1 unspecified atom stereocenters. The van der Waals surface area contributed by atoms with Crippen molar-refractivity contribution < 1.29 is 39.8 Å². The molecular formula is C22H38FIN5O3S-. The molecule has 0 fully saturated rings. The molecule has 2 rings (SSSR count). The van der Waals surface area contributed by atoms with Crippen molar-refractivity contribution in [2.45, 2.75) is 95.7 Å². The molecule has 1 aromatic heterocycles. The number of unbranched alkanes of at least 4 members (excludes halogenated alkanes) is 3. The summed E-state index contributed by atoms with van der Waals surface area (Å²) in [6, 6.07) is 0. The van der Waals surface area contributed by atoms with E-state index in [1.165, 1.54) is 0 Å². The summed E-state index contributed by atoms with van der Waals surface area (Å²) in [4.78, 5) is 35.6. The predicted octanol–water partition coefficient (Wildman–Crippen LogP) is -0.142. The monoisotopic (exact) mass is 599 g/mol. The molecule has 0 spiro atoms. The van der Waals surface area contributed by atoms with Gasteiger partial charge in [-0.1, -0.05) is 24.5 Å². The molecule has 0 bridgehead atoms. The summed E-state index contributed by atoms with van der Waals surface area (Å²) in [5.74, 6) is -0.452. The van der Waals surface area contributed by atoms with Crippen LogP contribution in [0.5, 0.6) is 0 Å². The van der Waals surface area contributed by atoms with Crippen LogP contribution in [0.1, 0.15) is 88.4 Å². The number of rotatable bonds is 12. The van der Waals surface area contributed by atoms with Gasteiger partial charge in [0.15, 0.2) is 5.78 Å². The molecule has 1 aromatic rings. The zero-order chi connectivity index (χ0) is 25.4. The SMILES string of the molecule is CNC(=O)CCCCCCC(=O)C1(F)CCCCCc2c1nnn2CCCC(=O)NC.[2H][I-]S. The third kappa shape index (κ3) is 9.50. The number of amides is 2. The Morgan fingerprint density at radius 3 is 2.30 bits per heavy atom. The minimum absolute atomic E-state index is 0.0132. The average molecular weight is 600 g/mol. The second-order valence-electron chi connectivity index (χ2n) is 8.26. The molecule has 1 aliphatic rings. The zero-order valence-electron chi connectivity index (χ0n) is 20.7. The second kappa shape index (κ2) is 16.4. The van der Waals surface area contributed by atoms with Gasteiger partial charge < -0.3 is 10.6 Å². The summed E-state index contributed by atoms with van der Waals surface area (Å²) in [5.41, 5.74) is -1.22. The number of hydrogen-bond donors (Lipinski definition) is 3. The number of ketones is 1. The van der Waals surface area contributed by atoms with E-state index in [1.54, 1.807) is 18.8 Å². The van der Waals surface area contributed by atoms with Crippen LogP contribution in [0, 0.1) is 0 Å². The van der Waals surface area contributed by atoms with Crippen LogP contribution in [0.15, 0.2) is 0 Å². The van der Waals surface area contributed by atoms with E-state index < -0.39 is 32.5 Å². The van der Waals surface area contributed by atoms with E-state index >= 15 is 4.39 Å². The van der Waals surface area contributed by atoms with Gasteiger partial charge in [-0.05, 0) is 44.9 Å². The maximum absolute atomic E-state index is 16.1. The third-order valence-electron chi connectivity index (χ3n) is 5.98. The molecule has 2 amide bonds. The van der Waals surface area contributed by atoms with Crippen LogP contribution in [-0.2, 0) is 33.0 Å². The van der Waals surface area contributed by atoms with E-state index in [1.807, 2.05) is 0 Å². The van der Waals surface area contributed by atoms with Crippen LogP contribution >= 0.6 is 9.80 Å². The second-order valence-corrected chi connectivity index (χ2v) is 8.26. The van der Waals surface area contributed by atoms with E-state index in [0.29, 0.717) is 50.8 Å². The van der Waals surface area contributed by atoms with Gasteiger partial charge in [-0.2, -0.15) is 0 Å². The number of thiol groups is 1. The molecule has 0 saturated heterocycles. The van der Waals surface area contributed by atoms with E-state index in [4.69, 9.17) is 0.594 Å². The Morgan fingerprint density at radius 2 is 1.67 bits per heavy atom. The van der Waals surface area contributed by atoms with Crippen molar-refractivity contribution >= 4 is 27.4 Å². The molecule has 0 radical (unpaired) electrons. The summed E-state index contributed by atoms with van der Waals surface area (Å²) in [7, 11) is 6.77. The van der Waals surface area contributed by atoms with Crippen LogP contribution in [0.3, 0.4) is 0 Å². The summed E-state index contributed by atoms with van der Waals surface area (Å²) in [6.07, 6.45) is 7.80. The van der Waals surface area contributed by atoms with Gasteiger partial charge in [-0.15, -0.1) is 5.10 Å². The molecule has 0 aliphatic heterocycles. The van der Waals surface area contributed by atoms with E-state index in [2.05, 4.69) is 30.7 Å². The van der Waals surface area contributed by atoms with Crippen LogP contribution in [0.25, 0.3) is 0 Å². The van der Waals surface area contributed by atoms with Gasteiger partial charge in [0, 0.05) is 39.9 Å². The first-order valence-corrected chi connectivity index (χ1v) is 14.9. The summed E-state index contributed by atoms with van der Waals surface area (Å²) in [6.45, 7) is 0.478. The Bertz CT molecular complexity index is 786. The number of halogens is 2. The van der Waals surface area contributed by atoms with Crippen LogP contribution in [-0.4, -0.2) is 47.3 Å². The van der Waals surface area contributed by atoms with Gasteiger partial charge in [0.1, 0.15) is 5.69 Å². The molecular weight excluding hydrogens is 560 g/mol. The number of carbonyl (C=O) groups excluding carboxylic acids is 3. The molecule has 1 heterocycles. The molecule has 190 valence electrons. The minimum atomic E-state index is -2.09. The van der Waals surface area contributed by atoms with E-state index in [0.717, 1.165) is 32.1 Å². The van der Waals surface area contributed by atoms with E-state index in [-0.39, 0.29) is 30.3 Å². The van der Waals surface area contributed by atoms with Crippen molar-refractivity contribution in [1.82, 2.24) is 25.6 Å². The van der Waals surface area contributed by atoms with Gasteiger partial charge in [0.2, 0.25) is 17.5 Å². The zero-order valence-corrected chi connectivity index (χ0v) is 22.7. The van der Waals surface area contributed by atoms with Gasteiger partial charge >= 0.3 is 31.4 Å². The number of carbonyl (C=O) groups is 3. The first-order valence-electron chi connectivity index (χ1n) is 12.0. The van der Waals surface area contributed by atoms with E-state index in [9.17, 15) is 14.4 Å². The number of hydrogen-bond acceptors (Lipinski definition) is 6. The molecule has 0 saturated carbocycles. The number of alkyl halides is 1. The summed E-state index contributed by atoms with van der Waals surface area (Å²) >= 11 is -0.466. The molecule has 2 N–H and O–H groups in total. The number of nitrogens with one attached hydrogen (secondary N) is 2. The summed E-state index contributed by atoms with van der Waals surface area (Å²) in [5, 5.41) is 13.4. The molecule has 33 heavy (non-hydrogen) atoms. The van der Waals surface area contributed by atoms with Gasteiger partial charge in [0.05, 0.1) is 5.69 Å². The van der Waals surface area contributed by atoms with Crippen molar-refractivity contribution in [1.29, 1.82) is 0.594 Å². The predicted molar refractivity (Wildman–Crippen MR) is 125 cm³/mol. The van der Waals surface area contributed by atoms with Gasteiger partial charge in [0.25, 0.3) is 0 Å². The third-order valence-corrected chi connectivity index (χ3v) is 5.98. The number of aryl methyl sites for hydroxylation is 1. The Labute approximate surface area is 214 Å². The Morgan fingerprint density at radius 1 is 1.06 bits per heavy atom. The molecule has 1 atom stereocenters. The fourth-order valence-corrected chi connectivity index (χ4v) is 4.06. The van der Waals surface area contributed by atoms with Crippen molar-refractivity contribution in [3.8, 4) is 0 Å². The Hall–Kier alpha value is -1.24. The van der Waals surface area contributed by atoms with Crippen LogP contribution in [0.2, 0.25) is 0 Å². The quantitative estimate of drug-likeness (QED) is 0.176. The standard InChI is InChI=1S/C22H36FN5O3.H2IS/c1-24-19(30)13-8-4-3-7-12-18(29)22(23)15-9-5-6-11-17-21(22)26-27-28(17)16-10-14-20(31)25-2;1-2/h3-16H2,1-2H3,(H,24,30)(H,25,31);1-2H/q;-1/i;1D. The molecule has 0 aromatic carbocycles. The normalized spacial score (nSPS) is 18.1. The maximum atomic E-state index is 16.1. The first-order chi connectivity index (χ1) is 16.3. The first kappa shape index (κ1) is 28.0. The Balaban J connectivity index is 0.00000182. The molecule has 1 aliphatic carbocycles. The molecule has 8 nitrogen and oxygen atoms in total. The number of fused-ring (bicyclic) bond motifs is 1. The fourth-order valence-electron chi connectivity index (χ4n) is 4.06. The van der Waals surface area contributed by atoms with Crippen LogP contribution in [0.4, 0.5) is 4.39 Å². The summed E-state index contributed by atoms with van der Waals surface area (Å²) < 4.78 is 23.9. The van der Waals surface area contributed by atoms with Gasteiger partial charge in [-0.25, -0.2) is 9.07 Å². The van der Waals surface area contributed by atoms with Crippen LogP contribution < -0.4 is 31.6 Å². The number of Topliss-reactive ketones (excluding diaryl/α,β-unsaturated/α-hetero) is 1. The number of nitrogens with zero attached hydrogens (tertiary/aromatic N) is 3. The molecule has 11 heteroatoms. The van der Waals surface area contributed by atoms with Crippen molar-refractivity contribution in [3.63, 3.8) is 0 Å². The van der Waals surface area contributed by atoms with Gasteiger partial charge in [-0.3, -0.25) is 14.4 Å². The average Bonchev–Trinajstić information content (AvgIpc) is 3.22. The van der Waals surface area contributed by atoms with Crippen molar-refractivity contribution in [2.75, 3.05) is 14.1 Å². The number of aromatic nitrogens is 3. The van der Waals surface area contributed by atoms with Crippen molar-refractivity contribution in [2.24, 2.45) is 0 Å².